The van der Waals surface area contributed by atoms with Crippen LogP contribution in [0.15, 0.2) is 11.2 Å². The van der Waals surface area contributed by atoms with E-state index in [1.54, 1.807) is 0 Å². The van der Waals surface area contributed by atoms with Crippen LogP contribution in [-0.2, 0) is 16.6 Å². The summed E-state index contributed by atoms with van der Waals surface area (Å²) in [7, 11) is -2.89. The molecule has 0 unspecified atom stereocenters. The second-order valence-corrected chi connectivity index (χ2v) is 6.57. The van der Waals surface area contributed by atoms with Gasteiger partial charge in [-0.2, -0.15) is 22.6 Å². The second kappa shape index (κ2) is 7.23. The van der Waals surface area contributed by atoms with Crippen LogP contribution >= 0.6 is 0 Å². The number of alkyl halides is 3. The van der Waals surface area contributed by atoms with E-state index in [0.29, 0.717) is 16.4 Å². The van der Waals surface area contributed by atoms with Crippen LogP contribution < -0.4 is 5.32 Å². The van der Waals surface area contributed by atoms with Gasteiger partial charge < -0.3 is 5.32 Å². The van der Waals surface area contributed by atoms with Crippen molar-refractivity contribution in [1.29, 1.82) is 0 Å². The van der Waals surface area contributed by atoms with Gasteiger partial charge in [0.1, 0.15) is 0 Å². The number of aromatic amines is 1. The zero-order chi connectivity index (χ0) is 16.1. The van der Waals surface area contributed by atoms with Crippen LogP contribution in [0, 0.1) is 0 Å². The highest BCUT2D eigenvalue weighted by atomic mass is 32.2. The van der Waals surface area contributed by atoms with Crippen LogP contribution in [0.3, 0.4) is 0 Å². The highest BCUT2D eigenvalue weighted by Crippen LogP contribution is 2.22. The average molecular weight is 328 g/mol. The van der Waals surface area contributed by atoms with Gasteiger partial charge >= 0.3 is 6.18 Å². The second-order valence-electron chi connectivity index (χ2n) is 4.59. The van der Waals surface area contributed by atoms with Crippen molar-refractivity contribution in [3.63, 3.8) is 0 Å². The van der Waals surface area contributed by atoms with Crippen LogP contribution in [0.1, 0.15) is 25.3 Å². The Labute approximate surface area is 121 Å². The van der Waals surface area contributed by atoms with Crippen LogP contribution in [0.25, 0.3) is 0 Å². The highest BCUT2D eigenvalue weighted by molar-refractivity contribution is 7.89. The molecule has 122 valence electrons. The lowest BCUT2D eigenvalue weighted by atomic mass is 10.3. The van der Waals surface area contributed by atoms with E-state index in [0.717, 1.165) is 13.5 Å². The van der Waals surface area contributed by atoms with Gasteiger partial charge in [0, 0.05) is 25.7 Å². The van der Waals surface area contributed by atoms with Crippen molar-refractivity contribution >= 4 is 10.0 Å². The lowest BCUT2D eigenvalue weighted by molar-refractivity contribution is -0.135. The maximum Gasteiger partial charge on any atom is 0.390 e. The molecule has 0 spiro atoms. The first kappa shape index (κ1) is 17.9. The number of nitrogens with zero attached hydrogens (tertiary/aromatic N) is 2. The summed E-state index contributed by atoms with van der Waals surface area (Å²) in [5.74, 6) is 0. The molecule has 10 heteroatoms. The summed E-state index contributed by atoms with van der Waals surface area (Å²) in [6.07, 6.45) is -3.36. The average Bonchev–Trinajstić information content (AvgIpc) is 2.84. The third-order valence-corrected chi connectivity index (χ3v) is 4.67. The number of sulfonamides is 1. The SMILES string of the molecule is CCCNCc1cn[nH]c1S(=O)(=O)N(C)CCC(F)(F)F. The third-order valence-electron chi connectivity index (χ3n) is 2.80. The quantitative estimate of drug-likeness (QED) is 0.709. The molecule has 1 rings (SSSR count). The molecule has 0 atom stereocenters. The fraction of sp³-hybridized carbons (Fsp3) is 0.727. The Balaban J connectivity index is 2.80. The summed E-state index contributed by atoms with van der Waals surface area (Å²) < 4.78 is 61.7. The zero-order valence-corrected chi connectivity index (χ0v) is 12.7. The molecule has 0 bridgehead atoms. The van der Waals surface area contributed by atoms with E-state index in [4.69, 9.17) is 0 Å². The van der Waals surface area contributed by atoms with E-state index in [-0.39, 0.29) is 11.6 Å². The molecule has 0 aromatic carbocycles. The van der Waals surface area contributed by atoms with Crippen molar-refractivity contribution in [2.75, 3.05) is 20.1 Å². The molecule has 21 heavy (non-hydrogen) atoms. The highest BCUT2D eigenvalue weighted by Gasteiger charge is 2.31. The van der Waals surface area contributed by atoms with E-state index >= 15 is 0 Å². The summed E-state index contributed by atoms with van der Waals surface area (Å²) in [5.41, 5.74) is 0.405. The minimum absolute atomic E-state index is 0.171. The van der Waals surface area contributed by atoms with Crippen LogP contribution in [0.4, 0.5) is 13.2 Å². The molecule has 0 radical (unpaired) electrons. The topological polar surface area (TPSA) is 78.1 Å². The van der Waals surface area contributed by atoms with Crippen molar-refractivity contribution < 1.29 is 21.6 Å². The first-order chi connectivity index (χ1) is 9.68. The summed E-state index contributed by atoms with van der Waals surface area (Å²) in [6, 6.07) is 0. The monoisotopic (exact) mass is 328 g/mol. The minimum atomic E-state index is -4.40. The molecule has 1 aromatic heterocycles. The zero-order valence-electron chi connectivity index (χ0n) is 11.9. The summed E-state index contributed by atoms with van der Waals surface area (Å²) in [5, 5.41) is 8.87. The molecule has 0 saturated heterocycles. The van der Waals surface area contributed by atoms with Crippen molar-refractivity contribution in [1.82, 2.24) is 19.8 Å². The van der Waals surface area contributed by atoms with Gasteiger partial charge in [0.05, 0.1) is 12.6 Å². The maximum atomic E-state index is 12.2. The molecule has 0 fully saturated rings. The number of hydrogen-bond acceptors (Lipinski definition) is 4. The van der Waals surface area contributed by atoms with Crippen molar-refractivity contribution in [2.24, 2.45) is 0 Å². The summed E-state index contributed by atoms with van der Waals surface area (Å²) in [4.78, 5) is 0. The molecule has 0 aliphatic carbocycles. The first-order valence-corrected chi connectivity index (χ1v) is 7.88. The molecule has 1 heterocycles. The Kier molecular flexibility index (Phi) is 6.17. The number of rotatable bonds is 8. The van der Waals surface area contributed by atoms with Crippen molar-refractivity contribution in [2.45, 2.75) is 37.5 Å². The Morgan fingerprint density at radius 1 is 1.43 bits per heavy atom. The van der Waals surface area contributed by atoms with E-state index < -0.39 is 29.2 Å². The maximum absolute atomic E-state index is 12.2. The van der Waals surface area contributed by atoms with Crippen molar-refractivity contribution in [3.8, 4) is 0 Å². The predicted octanol–water partition coefficient (Wildman–Crippen LogP) is 1.48. The Morgan fingerprint density at radius 3 is 2.67 bits per heavy atom. The van der Waals surface area contributed by atoms with Gasteiger partial charge in [0.15, 0.2) is 5.03 Å². The Morgan fingerprint density at radius 2 is 2.10 bits per heavy atom. The molecule has 0 amide bonds. The standard InChI is InChI=1S/C11H19F3N4O2S/c1-3-5-15-7-9-8-16-17-10(9)21(19,20)18(2)6-4-11(12,13)14/h8,15H,3-7H2,1-2H3,(H,16,17). The number of H-pyrrole nitrogens is 1. The van der Waals surface area contributed by atoms with Gasteiger partial charge in [0.25, 0.3) is 10.0 Å². The molecule has 0 aliphatic heterocycles. The van der Waals surface area contributed by atoms with Crippen LogP contribution in [0.5, 0.6) is 0 Å². The summed E-state index contributed by atoms with van der Waals surface area (Å²) in [6.45, 7) is 2.32. The largest absolute Gasteiger partial charge is 0.390 e. The van der Waals surface area contributed by atoms with Gasteiger partial charge in [-0.05, 0) is 13.0 Å². The van der Waals surface area contributed by atoms with Gasteiger partial charge in [0.2, 0.25) is 0 Å². The van der Waals surface area contributed by atoms with Crippen LogP contribution in [0.2, 0.25) is 0 Å². The molecular weight excluding hydrogens is 309 g/mol. The molecular formula is C11H19F3N4O2S. The lowest BCUT2D eigenvalue weighted by Gasteiger charge is -2.17. The number of nitrogens with one attached hydrogen (secondary N) is 2. The first-order valence-electron chi connectivity index (χ1n) is 6.44. The minimum Gasteiger partial charge on any atom is -0.313 e. The molecule has 0 saturated carbocycles. The number of aromatic nitrogens is 2. The number of halogens is 3. The van der Waals surface area contributed by atoms with E-state index in [9.17, 15) is 21.6 Å². The third kappa shape index (κ3) is 5.29. The Bertz CT molecular complexity index is 542. The van der Waals surface area contributed by atoms with E-state index in [1.165, 1.54) is 6.20 Å². The normalized spacial score (nSPS) is 13.0. The van der Waals surface area contributed by atoms with Crippen LogP contribution in [-0.4, -0.2) is 49.2 Å². The van der Waals surface area contributed by atoms with Gasteiger partial charge in [-0.25, -0.2) is 8.42 Å². The number of hydrogen-bond donors (Lipinski definition) is 2. The van der Waals surface area contributed by atoms with E-state index in [2.05, 4.69) is 15.5 Å². The molecule has 1 aromatic rings. The van der Waals surface area contributed by atoms with Gasteiger partial charge in [-0.3, -0.25) is 5.10 Å². The predicted molar refractivity (Wildman–Crippen MR) is 71.1 cm³/mol. The smallest absolute Gasteiger partial charge is 0.313 e. The fourth-order valence-corrected chi connectivity index (χ4v) is 2.88. The molecule has 2 N–H and O–H groups in total. The summed E-state index contributed by atoms with van der Waals surface area (Å²) >= 11 is 0. The van der Waals surface area contributed by atoms with E-state index in [1.807, 2.05) is 6.92 Å². The van der Waals surface area contributed by atoms with Gasteiger partial charge in [-0.15, -0.1) is 0 Å². The lowest BCUT2D eigenvalue weighted by Crippen LogP contribution is -2.31. The Hall–Kier alpha value is -1.13. The van der Waals surface area contributed by atoms with Gasteiger partial charge in [-0.1, -0.05) is 6.92 Å². The fourth-order valence-electron chi connectivity index (χ4n) is 1.61. The molecule has 0 aliphatic rings. The molecule has 6 nitrogen and oxygen atoms in total. The van der Waals surface area contributed by atoms with Crippen molar-refractivity contribution in [3.05, 3.63) is 11.8 Å².